The Morgan fingerprint density at radius 2 is 1.95 bits per heavy atom. The second-order valence-electron chi connectivity index (χ2n) is 5.01. The monoisotopic (exact) mass is 278 g/mol. The highest BCUT2D eigenvalue weighted by atomic mass is 16.5. The van der Waals surface area contributed by atoms with Gasteiger partial charge in [0.2, 0.25) is 0 Å². The largest absolute Gasteiger partial charge is 0.457 e. The highest BCUT2D eigenvalue weighted by Crippen LogP contribution is 2.30. The Hall–Kier alpha value is -2.39. The number of aromatic nitrogens is 1. The first kappa shape index (κ1) is 13.6. The van der Waals surface area contributed by atoms with E-state index in [4.69, 9.17) is 10.5 Å². The van der Waals surface area contributed by atoms with Crippen LogP contribution in [0.4, 0.5) is 0 Å². The molecule has 1 atom stereocenters. The third kappa shape index (κ3) is 2.88. The number of nitrogens with two attached hydrogens (primary N) is 1. The normalized spacial score (nSPS) is 12.3. The van der Waals surface area contributed by atoms with Crippen LogP contribution >= 0.6 is 0 Å². The molecule has 3 rings (SSSR count). The van der Waals surface area contributed by atoms with Crippen LogP contribution in [0.15, 0.2) is 60.8 Å². The maximum atomic E-state index is 6.15. The minimum absolute atomic E-state index is 0.0141. The Bertz CT molecular complexity index is 755. The molecule has 0 aliphatic rings. The van der Waals surface area contributed by atoms with Gasteiger partial charge in [0, 0.05) is 29.3 Å². The second-order valence-corrected chi connectivity index (χ2v) is 5.01. The number of rotatable bonds is 4. The van der Waals surface area contributed by atoms with E-state index in [2.05, 4.69) is 11.9 Å². The molecular formula is C18H18N2O. The van der Waals surface area contributed by atoms with E-state index in [0.29, 0.717) is 0 Å². The van der Waals surface area contributed by atoms with Crippen LogP contribution in [0.2, 0.25) is 0 Å². The standard InChI is InChI=1S/C18H18N2O/c1-2-16(19)15-7-3-4-8-18(15)21-14-10-9-13-6-5-11-20-17(13)12-14/h3-12,16H,2,19H2,1H3/t16-/m1/s1. The first-order chi connectivity index (χ1) is 10.3. The molecule has 3 aromatic rings. The first-order valence-electron chi connectivity index (χ1n) is 7.15. The molecule has 0 aliphatic heterocycles. The summed E-state index contributed by atoms with van der Waals surface area (Å²) in [5.41, 5.74) is 8.10. The lowest BCUT2D eigenvalue weighted by atomic mass is 10.0. The molecule has 106 valence electrons. The molecule has 0 radical (unpaired) electrons. The van der Waals surface area contributed by atoms with Crippen LogP contribution in [-0.2, 0) is 0 Å². The van der Waals surface area contributed by atoms with E-state index in [0.717, 1.165) is 34.4 Å². The molecule has 1 heterocycles. The summed E-state index contributed by atoms with van der Waals surface area (Å²) in [5.74, 6) is 1.58. The van der Waals surface area contributed by atoms with Crippen LogP contribution < -0.4 is 10.5 Å². The molecule has 0 aliphatic carbocycles. The molecule has 2 N–H and O–H groups in total. The van der Waals surface area contributed by atoms with Gasteiger partial charge in [-0.05, 0) is 30.7 Å². The summed E-state index contributed by atoms with van der Waals surface area (Å²) in [6.07, 6.45) is 2.66. The van der Waals surface area contributed by atoms with Gasteiger partial charge >= 0.3 is 0 Å². The van der Waals surface area contributed by atoms with E-state index in [1.807, 2.05) is 54.6 Å². The van der Waals surface area contributed by atoms with Crippen LogP contribution in [0.25, 0.3) is 10.9 Å². The maximum Gasteiger partial charge on any atom is 0.132 e. The van der Waals surface area contributed by atoms with Gasteiger partial charge in [-0.3, -0.25) is 4.98 Å². The van der Waals surface area contributed by atoms with Gasteiger partial charge in [-0.25, -0.2) is 0 Å². The highest BCUT2D eigenvalue weighted by molar-refractivity contribution is 5.79. The van der Waals surface area contributed by atoms with Crippen molar-refractivity contribution in [3.8, 4) is 11.5 Å². The van der Waals surface area contributed by atoms with Crippen LogP contribution in [-0.4, -0.2) is 4.98 Å². The molecule has 0 fully saturated rings. The highest BCUT2D eigenvalue weighted by Gasteiger charge is 2.10. The quantitative estimate of drug-likeness (QED) is 0.767. The Morgan fingerprint density at radius 3 is 2.81 bits per heavy atom. The van der Waals surface area contributed by atoms with Crippen molar-refractivity contribution >= 4 is 10.9 Å². The summed E-state index contributed by atoms with van der Waals surface area (Å²) in [6.45, 7) is 2.07. The van der Waals surface area contributed by atoms with Gasteiger partial charge < -0.3 is 10.5 Å². The Kier molecular flexibility index (Phi) is 3.84. The van der Waals surface area contributed by atoms with Crippen molar-refractivity contribution < 1.29 is 4.74 Å². The lowest BCUT2D eigenvalue weighted by Crippen LogP contribution is -2.09. The molecule has 0 saturated heterocycles. The molecule has 0 unspecified atom stereocenters. The van der Waals surface area contributed by atoms with E-state index >= 15 is 0 Å². The van der Waals surface area contributed by atoms with Crippen LogP contribution in [0.5, 0.6) is 11.5 Å². The molecule has 1 aromatic heterocycles. The SMILES string of the molecule is CC[C@@H](N)c1ccccc1Oc1ccc2cccnc2c1. The lowest BCUT2D eigenvalue weighted by Gasteiger charge is -2.15. The summed E-state index contributed by atoms with van der Waals surface area (Å²) in [6, 6.07) is 17.8. The van der Waals surface area contributed by atoms with Crippen molar-refractivity contribution in [3.63, 3.8) is 0 Å². The Morgan fingerprint density at radius 1 is 1.10 bits per heavy atom. The maximum absolute atomic E-state index is 6.15. The Balaban J connectivity index is 1.95. The van der Waals surface area contributed by atoms with Crippen molar-refractivity contribution in [2.75, 3.05) is 0 Å². The molecule has 3 nitrogen and oxygen atoms in total. The van der Waals surface area contributed by atoms with E-state index in [1.54, 1.807) is 6.20 Å². The fraction of sp³-hybridized carbons (Fsp3) is 0.167. The third-order valence-electron chi connectivity index (χ3n) is 3.56. The molecule has 0 spiro atoms. The van der Waals surface area contributed by atoms with Crippen molar-refractivity contribution in [1.82, 2.24) is 4.98 Å². The summed E-state index contributed by atoms with van der Waals surface area (Å²) in [7, 11) is 0. The summed E-state index contributed by atoms with van der Waals surface area (Å²) in [4.78, 5) is 4.35. The molecule has 3 heteroatoms. The zero-order valence-corrected chi connectivity index (χ0v) is 12.0. The number of pyridine rings is 1. The zero-order chi connectivity index (χ0) is 14.7. The fourth-order valence-electron chi connectivity index (χ4n) is 2.34. The van der Waals surface area contributed by atoms with Gasteiger partial charge in [0.05, 0.1) is 5.52 Å². The van der Waals surface area contributed by atoms with Crippen molar-refractivity contribution in [2.24, 2.45) is 5.73 Å². The minimum Gasteiger partial charge on any atom is -0.457 e. The van der Waals surface area contributed by atoms with Gasteiger partial charge in [0.15, 0.2) is 0 Å². The average Bonchev–Trinajstić information content (AvgIpc) is 2.54. The Labute approximate surface area is 124 Å². The zero-order valence-electron chi connectivity index (χ0n) is 12.0. The van der Waals surface area contributed by atoms with E-state index in [-0.39, 0.29) is 6.04 Å². The molecule has 0 amide bonds. The van der Waals surface area contributed by atoms with Gasteiger partial charge in [-0.1, -0.05) is 31.2 Å². The van der Waals surface area contributed by atoms with Crippen LogP contribution in [0.3, 0.4) is 0 Å². The van der Waals surface area contributed by atoms with E-state index in [9.17, 15) is 0 Å². The van der Waals surface area contributed by atoms with Crippen LogP contribution in [0.1, 0.15) is 24.9 Å². The van der Waals surface area contributed by atoms with Crippen molar-refractivity contribution in [1.29, 1.82) is 0 Å². The van der Waals surface area contributed by atoms with Crippen LogP contribution in [0, 0.1) is 0 Å². The average molecular weight is 278 g/mol. The van der Waals surface area contributed by atoms with Crippen molar-refractivity contribution in [3.05, 3.63) is 66.4 Å². The number of hydrogen-bond donors (Lipinski definition) is 1. The smallest absolute Gasteiger partial charge is 0.132 e. The number of para-hydroxylation sites is 1. The summed E-state index contributed by atoms with van der Waals surface area (Å²) >= 11 is 0. The van der Waals surface area contributed by atoms with Crippen molar-refractivity contribution in [2.45, 2.75) is 19.4 Å². The van der Waals surface area contributed by atoms with E-state index in [1.165, 1.54) is 0 Å². The van der Waals surface area contributed by atoms with Gasteiger partial charge in [0.1, 0.15) is 11.5 Å². The summed E-state index contributed by atoms with van der Waals surface area (Å²) < 4.78 is 6.02. The number of fused-ring (bicyclic) bond motifs is 1. The molecule has 0 saturated carbocycles. The van der Waals surface area contributed by atoms with Gasteiger partial charge in [0.25, 0.3) is 0 Å². The van der Waals surface area contributed by atoms with Gasteiger partial charge in [-0.15, -0.1) is 0 Å². The molecular weight excluding hydrogens is 260 g/mol. The molecule has 21 heavy (non-hydrogen) atoms. The number of nitrogens with zero attached hydrogens (tertiary/aromatic N) is 1. The lowest BCUT2D eigenvalue weighted by molar-refractivity contribution is 0.469. The predicted octanol–water partition coefficient (Wildman–Crippen LogP) is 4.44. The topological polar surface area (TPSA) is 48.1 Å². The number of hydrogen-bond acceptors (Lipinski definition) is 3. The summed E-state index contributed by atoms with van der Waals surface area (Å²) in [5, 5.41) is 1.10. The third-order valence-corrected chi connectivity index (χ3v) is 3.56. The molecule has 2 aromatic carbocycles. The van der Waals surface area contributed by atoms with Gasteiger partial charge in [-0.2, -0.15) is 0 Å². The fourth-order valence-corrected chi connectivity index (χ4v) is 2.34. The minimum atomic E-state index is -0.0141. The number of benzene rings is 2. The first-order valence-corrected chi connectivity index (χ1v) is 7.15. The predicted molar refractivity (Wildman–Crippen MR) is 85.5 cm³/mol. The number of ether oxygens (including phenoxy) is 1. The molecule has 0 bridgehead atoms. The second kappa shape index (κ2) is 5.94. The van der Waals surface area contributed by atoms with E-state index < -0.39 is 0 Å².